The summed E-state index contributed by atoms with van der Waals surface area (Å²) in [5.41, 5.74) is -1.31. The van der Waals surface area contributed by atoms with Crippen LogP contribution in [0.5, 0.6) is 0 Å². The number of hydrogen-bond donors (Lipinski definition) is 2. The van der Waals surface area contributed by atoms with Gasteiger partial charge < -0.3 is 15.1 Å². The smallest absolute Gasteiger partial charge is 0.338 e. The van der Waals surface area contributed by atoms with Crippen molar-refractivity contribution >= 4 is 23.5 Å². The standard InChI is InChI=1S/C12H9F2NO5/c13-9-6(12(19)20)1-2-7(10(9)14)15-4-5(11(17)18)3-8(15)16/h1-2,5H,3-4H2,(H,17,18)(H,19,20). The van der Waals surface area contributed by atoms with Crippen LogP contribution in [0.2, 0.25) is 0 Å². The monoisotopic (exact) mass is 285 g/mol. The molecule has 1 atom stereocenters. The predicted molar refractivity (Wildman–Crippen MR) is 61.4 cm³/mol. The van der Waals surface area contributed by atoms with Crippen molar-refractivity contribution in [3.05, 3.63) is 29.3 Å². The Morgan fingerprint density at radius 2 is 1.85 bits per heavy atom. The average Bonchev–Trinajstić information content (AvgIpc) is 2.74. The lowest BCUT2D eigenvalue weighted by Gasteiger charge is -2.17. The van der Waals surface area contributed by atoms with Crippen LogP contribution in [0.3, 0.4) is 0 Å². The van der Waals surface area contributed by atoms with Crippen LogP contribution in [0.25, 0.3) is 0 Å². The molecule has 2 N–H and O–H groups in total. The molecule has 1 saturated heterocycles. The molecule has 1 unspecified atom stereocenters. The number of benzene rings is 1. The van der Waals surface area contributed by atoms with Crippen LogP contribution in [0.4, 0.5) is 14.5 Å². The minimum absolute atomic E-state index is 0.281. The normalized spacial score (nSPS) is 18.4. The lowest BCUT2D eigenvalue weighted by molar-refractivity contribution is -0.141. The molecule has 0 radical (unpaired) electrons. The third-order valence-electron chi connectivity index (χ3n) is 3.06. The Bertz CT molecular complexity index is 616. The van der Waals surface area contributed by atoms with E-state index >= 15 is 0 Å². The zero-order chi connectivity index (χ0) is 15.0. The van der Waals surface area contributed by atoms with Crippen molar-refractivity contribution in [3.8, 4) is 0 Å². The maximum Gasteiger partial charge on any atom is 0.338 e. The largest absolute Gasteiger partial charge is 0.481 e. The van der Waals surface area contributed by atoms with E-state index in [0.29, 0.717) is 0 Å². The molecule has 1 fully saturated rings. The van der Waals surface area contributed by atoms with E-state index < -0.39 is 46.6 Å². The number of amides is 1. The molecule has 1 amide bonds. The number of rotatable bonds is 3. The highest BCUT2D eigenvalue weighted by atomic mass is 19.2. The first-order valence-electron chi connectivity index (χ1n) is 5.57. The third-order valence-corrected chi connectivity index (χ3v) is 3.06. The van der Waals surface area contributed by atoms with Crippen LogP contribution >= 0.6 is 0 Å². The van der Waals surface area contributed by atoms with Crippen molar-refractivity contribution in [3.63, 3.8) is 0 Å². The predicted octanol–water partition coefficient (Wildman–Crippen LogP) is 1.10. The van der Waals surface area contributed by atoms with E-state index in [1.165, 1.54) is 0 Å². The topological polar surface area (TPSA) is 94.9 Å². The quantitative estimate of drug-likeness (QED) is 0.867. The van der Waals surface area contributed by atoms with Crippen LogP contribution in [0.15, 0.2) is 12.1 Å². The fourth-order valence-electron chi connectivity index (χ4n) is 2.02. The summed E-state index contributed by atoms with van der Waals surface area (Å²) >= 11 is 0. The van der Waals surface area contributed by atoms with Gasteiger partial charge in [-0.25, -0.2) is 13.6 Å². The van der Waals surface area contributed by atoms with Gasteiger partial charge in [-0.15, -0.1) is 0 Å². The zero-order valence-corrected chi connectivity index (χ0v) is 9.97. The maximum atomic E-state index is 13.8. The molecule has 1 heterocycles. The summed E-state index contributed by atoms with van der Waals surface area (Å²) in [6.45, 7) is -0.281. The summed E-state index contributed by atoms with van der Waals surface area (Å²) in [7, 11) is 0. The molecule has 2 rings (SSSR count). The van der Waals surface area contributed by atoms with Gasteiger partial charge in [0.25, 0.3) is 0 Å². The maximum absolute atomic E-state index is 13.8. The van der Waals surface area contributed by atoms with Crippen LogP contribution in [-0.2, 0) is 9.59 Å². The number of aliphatic carboxylic acids is 1. The molecule has 0 saturated carbocycles. The Kier molecular flexibility index (Phi) is 3.39. The van der Waals surface area contributed by atoms with Gasteiger partial charge in [-0.2, -0.15) is 0 Å². The first-order valence-corrected chi connectivity index (χ1v) is 5.57. The van der Waals surface area contributed by atoms with Crippen LogP contribution < -0.4 is 4.90 Å². The SMILES string of the molecule is O=C(O)c1ccc(N2CC(C(=O)O)CC2=O)c(F)c1F. The minimum Gasteiger partial charge on any atom is -0.481 e. The molecule has 0 aliphatic carbocycles. The molecular formula is C12H9F2NO5. The zero-order valence-electron chi connectivity index (χ0n) is 9.97. The van der Waals surface area contributed by atoms with Gasteiger partial charge in [0.2, 0.25) is 5.91 Å². The van der Waals surface area contributed by atoms with Crippen LogP contribution in [-0.4, -0.2) is 34.6 Å². The lowest BCUT2D eigenvalue weighted by atomic mass is 10.1. The van der Waals surface area contributed by atoms with Crippen LogP contribution in [0.1, 0.15) is 16.8 Å². The Balaban J connectivity index is 2.40. The third kappa shape index (κ3) is 2.20. The number of hydrogen-bond acceptors (Lipinski definition) is 3. The molecule has 106 valence electrons. The molecule has 8 heteroatoms. The molecule has 1 aromatic rings. The van der Waals surface area contributed by atoms with Crippen LogP contribution in [0, 0.1) is 17.6 Å². The van der Waals surface area contributed by atoms with E-state index in [9.17, 15) is 23.2 Å². The molecule has 6 nitrogen and oxygen atoms in total. The fraction of sp³-hybridized carbons (Fsp3) is 0.250. The van der Waals surface area contributed by atoms with Gasteiger partial charge in [-0.1, -0.05) is 0 Å². The van der Waals surface area contributed by atoms with Crippen molar-refractivity contribution in [2.24, 2.45) is 5.92 Å². The van der Waals surface area contributed by atoms with Gasteiger partial charge in [-0.05, 0) is 12.1 Å². The first kappa shape index (κ1) is 13.9. The van der Waals surface area contributed by atoms with E-state index in [1.807, 2.05) is 0 Å². The molecule has 0 aromatic heterocycles. The van der Waals surface area contributed by atoms with Crippen molar-refractivity contribution in [2.45, 2.75) is 6.42 Å². The second-order valence-electron chi connectivity index (χ2n) is 4.31. The molecular weight excluding hydrogens is 276 g/mol. The number of aromatic carboxylic acids is 1. The van der Waals surface area contributed by atoms with Crippen molar-refractivity contribution in [1.29, 1.82) is 0 Å². The number of nitrogens with zero attached hydrogens (tertiary/aromatic N) is 1. The Morgan fingerprint density at radius 3 is 2.35 bits per heavy atom. The molecule has 20 heavy (non-hydrogen) atoms. The van der Waals surface area contributed by atoms with Gasteiger partial charge in [0.1, 0.15) is 0 Å². The van der Waals surface area contributed by atoms with E-state index in [-0.39, 0.29) is 13.0 Å². The van der Waals surface area contributed by atoms with Gasteiger partial charge in [0.15, 0.2) is 11.6 Å². The average molecular weight is 285 g/mol. The second-order valence-corrected chi connectivity index (χ2v) is 4.31. The second kappa shape index (κ2) is 4.87. The summed E-state index contributed by atoms with van der Waals surface area (Å²) in [5.74, 6) is -7.55. The molecule has 0 spiro atoms. The number of anilines is 1. The lowest BCUT2D eigenvalue weighted by Crippen LogP contribution is -2.27. The van der Waals surface area contributed by atoms with E-state index in [4.69, 9.17) is 10.2 Å². The molecule has 1 aliphatic rings. The minimum atomic E-state index is -1.64. The summed E-state index contributed by atoms with van der Waals surface area (Å²) in [6.07, 6.45) is -0.308. The number of carboxylic acids is 2. The van der Waals surface area contributed by atoms with Gasteiger partial charge >= 0.3 is 11.9 Å². The van der Waals surface area contributed by atoms with E-state index in [0.717, 1.165) is 17.0 Å². The van der Waals surface area contributed by atoms with Gasteiger partial charge in [-0.3, -0.25) is 9.59 Å². The molecule has 1 aliphatic heterocycles. The highest BCUT2D eigenvalue weighted by molar-refractivity contribution is 5.99. The number of carboxylic acid groups (broad SMARTS) is 2. The summed E-state index contributed by atoms with van der Waals surface area (Å²) < 4.78 is 27.3. The van der Waals surface area contributed by atoms with Crippen molar-refractivity contribution < 1.29 is 33.4 Å². The van der Waals surface area contributed by atoms with E-state index in [2.05, 4.69) is 0 Å². The highest BCUT2D eigenvalue weighted by Gasteiger charge is 2.37. The van der Waals surface area contributed by atoms with Gasteiger partial charge in [0, 0.05) is 13.0 Å². The number of carbonyl (C=O) groups excluding carboxylic acids is 1. The molecule has 1 aromatic carbocycles. The molecule has 0 bridgehead atoms. The Morgan fingerprint density at radius 1 is 1.20 bits per heavy atom. The van der Waals surface area contributed by atoms with Crippen molar-refractivity contribution in [1.82, 2.24) is 0 Å². The highest BCUT2D eigenvalue weighted by Crippen LogP contribution is 2.30. The summed E-state index contributed by atoms with van der Waals surface area (Å²) in [6, 6.07) is 1.78. The van der Waals surface area contributed by atoms with Gasteiger partial charge in [0.05, 0.1) is 17.2 Å². The Labute approximate surface area is 111 Å². The number of carbonyl (C=O) groups is 3. The summed E-state index contributed by atoms with van der Waals surface area (Å²) in [4.78, 5) is 33.9. The van der Waals surface area contributed by atoms with Crippen molar-refractivity contribution in [2.75, 3.05) is 11.4 Å². The number of halogens is 2. The van der Waals surface area contributed by atoms with E-state index in [1.54, 1.807) is 0 Å². The first-order chi connectivity index (χ1) is 9.32. The fourth-order valence-corrected chi connectivity index (χ4v) is 2.02. The Hall–Kier alpha value is -2.51. The summed E-state index contributed by atoms with van der Waals surface area (Å²) in [5, 5.41) is 17.5.